The second-order valence-corrected chi connectivity index (χ2v) is 14.2. The van der Waals surface area contributed by atoms with Crippen molar-refractivity contribution in [3.63, 3.8) is 0 Å². The SMILES string of the molecule is CC(C)(C)C(Oc1ccc(/C=N/NC(=O)CN2CCN(Cc3nc(-c4ccc(COCc5ccc(F)cc5)cc4)no3)CC2)c(O)c1)c1ccccc1. The van der Waals surface area contributed by atoms with Crippen molar-refractivity contribution in [1.29, 1.82) is 0 Å². The first-order chi connectivity index (χ1) is 25.6. The molecule has 1 saturated heterocycles. The molecule has 1 fully saturated rings. The quantitative estimate of drug-likeness (QED) is 0.0949. The summed E-state index contributed by atoms with van der Waals surface area (Å²) in [6, 6.07) is 29.1. The number of carbonyl (C=O) groups excluding carboxylic acids is 1. The Balaban J connectivity index is 0.905. The number of aromatic nitrogens is 2. The topological polar surface area (TPSA) is 126 Å². The summed E-state index contributed by atoms with van der Waals surface area (Å²) in [7, 11) is 0. The highest BCUT2D eigenvalue weighted by Gasteiger charge is 2.28. The van der Waals surface area contributed by atoms with Crippen LogP contribution in [0, 0.1) is 11.2 Å². The Morgan fingerprint density at radius 1 is 0.943 bits per heavy atom. The van der Waals surface area contributed by atoms with Crippen molar-refractivity contribution in [2.75, 3.05) is 32.7 Å². The molecule has 11 nitrogen and oxygen atoms in total. The van der Waals surface area contributed by atoms with E-state index in [9.17, 15) is 14.3 Å². The molecule has 53 heavy (non-hydrogen) atoms. The molecule has 1 aromatic heterocycles. The number of rotatable bonds is 14. The van der Waals surface area contributed by atoms with Crippen LogP contribution in [0.25, 0.3) is 11.4 Å². The van der Waals surface area contributed by atoms with Gasteiger partial charge in [-0.2, -0.15) is 10.1 Å². The molecule has 4 aromatic carbocycles. The summed E-state index contributed by atoms with van der Waals surface area (Å²) in [6.07, 6.45) is 1.21. The first-order valence-electron chi connectivity index (χ1n) is 17.6. The highest BCUT2D eigenvalue weighted by molar-refractivity contribution is 5.85. The summed E-state index contributed by atoms with van der Waals surface area (Å²) in [6.45, 7) is 10.8. The van der Waals surface area contributed by atoms with Crippen molar-refractivity contribution in [3.05, 3.63) is 131 Å². The van der Waals surface area contributed by atoms with E-state index in [4.69, 9.17) is 14.0 Å². The highest BCUT2D eigenvalue weighted by atomic mass is 19.1. The largest absolute Gasteiger partial charge is 0.507 e. The zero-order valence-corrected chi connectivity index (χ0v) is 30.2. The van der Waals surface area contributed by atoms with Crippen LogP contribution >= 0.6 is 0 Å². The van der Waals surface area contributed by atoms with E-state index in [0.717, 1.165) is 35.3 Å². The van der Waals surface area contributed by atoms with Gasteiger partial charge in [-0.1, -0.05) is 92.7 Å². The van der Waals surface area contributed by atoms with Gasteiger partial charge in [0.15, 0.2) is 0 Å². The maximum atomic E-state index is 13.1. The second-order valence-electron chi connectivity index (χ2n) is 14.2. The van der Waals surface area contributed by atoms with Crippen LogP contribution in [0.4, 0.5) is 4.39 Å². The molecule has 1 aliphatic rings. The van der Waals surface area contributed by atoms with E-state index >= 15 is 0 Å². The Labute approximate surface area is 309 Å². The first kappa shape index (κ1) is 37.3. The van der Waals surface area contributed by atoms with Gasteiger partial charge in [0.1, 0.15) is 23.4 Å². The molecule has 0 spiro atoms. The number of benzene rings is 4. The molecule has 0 radical (unpaired) electrons. The third kappa shape index (κ3) is 10.8. The Kier molecular flexibility index (Phi) is 12.2. The molecule has 1 atom stereocenters. The normalized spacial score (nSPS) is 14.7. The van der Waals surface area contributed by atoms with Crippen LogP contribution in [0.3, 0.4) is 0 Å². The highest BCUT2D eigenvalue weighted by Crippen LogP contribution is 2.38. The molecular weight excluding hydrogens is 675 g/mol. The van der Waals surface area contributed by atoms with Crippen molar-refractivity contribution >= 4 is 12.1 Å². The smallest absolute Gasteiger partial charge is 0.254 e. The molecule has 5 aromatic rings. The number of hydrogen-bond acceptors (Lipinski definition) is 10. The number of piperazine rings is 1. The van der Waals surface area contributed by atoms with Crippen molar-refractivity contribution in [1.82, 2.24) is 25.4 Å². The lowest BCUT2D eigenvalue weighted by Gasteiger charge is -2.33. The van der Waals surface area contributed by atoms with Crippen LogP contribution in [0.15, 0.2) is 107 Å². The number of aromatic hydroxyl groups is 1. The first-order valence-corrected chi connectivity index (χ1v) is 17.6. The minimum atomic E-state index is -0.264. The number of halogens is 1. The van der Waals surface area contributed by atoms with Gasteiger partial charge in [-0.05, 0) is 41.0 Å². The minimum Gasteiger partial charge on any atom is -0.507 e. The third-order valence-electron chi connectivity index (χ3n) is 8.86. The van der Waals surface area contributed by atoms with Gasteiger partial charge >= 0.3 is 0 Å². The Hall–Kier alpha value is -5.43. The van der Waals surface area contributed by atoms with Gasteiger partial charge in [0, 0.05) is 48.8 Å². The Morgan fingerprint density at radius 3 is 2.26 bits per heavy atom. The maximum absolute atomic E-state index is 13.1. The number of carbonyl (C=O) groups is 1. The third-order valence-corrected chi connectivity index (χ3v) is 8.86. The van der Waals surface area contributed by atoms with Gasteiger partial charge in [0.2, 0.25) is 11.7 Å². The van der Waals surface area contributed by atoms with Crippen molar-refractivity contribution in [2.45, 2.75) is 46.6 Å². The average molecular weight is 721 g/mol. The number of nitrogens with zero attached hydrogens (tertiary/aromatic N) is 5. The molecule has 6 rings (SSSR count). The van der Waals surface area contributed by atoms with Crippen molar-refractivity contribution in [2.24, 2.45) is 10.5 Å². The lowest BCUT2D eigenvalue weighted by molar-refractivity contribution is -0.122. The van der Waals surface area contributed by atoms with E-state index in [0.29, 0.717) is 55.9 Å². The van der Waals surface area contributed by atoms with Crippen LogP contribution in [-0.2, 0) is 29.3 Å². The van der Waals surface area contributed by atoms with Gasteiger partial charge < -0.3 is 19.1 Å². The zero-order valence-electron chi connectivity index (χ0n) is 30.2. The summed E-state index contributed by atoms with van der Waals surface area (Å²) in [5.74, 6) is 1.09. The minimum absolute atomic E-state index is 0.00465. The van der Waals surface area contributed by atoms with E-state index in [1.165, 1.54) is 18.3 Å². The van der Waals surface area contributed by atoms with Crippen LogP contribution in [0.2, 0.25) is 0 Å². The van der Waals surface area contributed by atoms with Gasteiger partial charge in [-0.3, -0.25) is 14.6 Å². The lowest BCUT2D eigenvalue weighted by atomic mass is 9.84. The fraction of sp³-hybridized carbons (Fsp3) is 0.317. The van der Waals surface area contributed by atoms with Crippen LogP contribution in [-0.4, -0.2) is 69.9 Å². The number of amides is 1. The molecule has 2 heterocycles. The Morgan fingerprint density at radius 2 is 1.60 bits per heavy atom. The summed E-state index contributed by atoms with van der Waals surface area (Å²) < 4.78 is 30.7. The number of ether oxygens (including phenoxy) is 2. The number of phenolic OH excluding ortho intramolecular Hbond substituents is 1. The molecular formula is C41H45FN6O5. The fourth-order valence-corrected chi connectivity index (χ4v) is 5.98. The molecule has 1 aliphatic heterocycles. The molecule has 1 amide bonds. The van der Waals surface area contributed by atoms with Crippen LogP contribution in [0.5, 0.6) is 11.5 Å². The molecule has 0 aliphatic carbocycles. The summed E-state index contributed by atoms with van der Waals surface area (Å²) in [5.41, 5.74) is 6.67. The van der Waals surface area contributed by atoms with Gasteiger partial charge in [0.25, 0.3) is 5.91 Å². The zero-order chi connectivity index (χ0) is 37.2. The van der Waals surface area contributed by atoms with Gasteiger partial charge in [-0.15, -0.1) is 0 Å². The number of phenols is 1. The van der Waals surface area contributed by atoms with E-state index in [-0.39, 0.29) is 35.5 Å². The van der Waals surface area contributed by atoms with Gasteiger partial charge in [-0.25, -0.2) is 9.82 Å². The molecule has 0 saturated carbocycles. The lowest BCUT2D eigenvalue weighted by Crippen LogP contribution is -2.48. The van der Waals surface area contributed by atoms with E-state index in [1.54, 1.807) is 30.3 Å². The second kappa shape index (κ2) is 17.4. The molecule has 1 unspecified atom stereocenters. The fourth-order valence-electron chi connectivity index (χ4n) is 5.98. The standard InChI is InChI=1S/C41H45FN6O5/c1-41(2,3)39(31-7-5-4-6-8-31)52-35-18-15-33(36(49)23-35)24-43-45-37(50)25-47-19-21-48(22-20-47)26-38-44-40(46-53-38)32-13-9-29(10-14-32)27-51-28-30-11-16-34(42)17-12-30/h4-18,23-24,39,49H,19-22,25-28H2,1-3H3,(H,45,50)/b43-24+. The average Bonchev–Trinajstić information content (AvgIpc) is 3.61. The maximum Gasteiger partial charge on any atom is 0.254 e. The molecule has 276 valence electrons. The predicted molar refractivity (Wildman–Crippen MR) is 199 cm³/mol. The monoisotopic (exact) mass is 720 g/mol. The van der Waals surface area contributed by atoms with Crippen LogP contribution < -0.4 is 10.2 Å². The van der Waals surface area contributed by atoms with Gasteiger partial charge in [0.05, 0.1) is 32.5 Å². The van der Waals surface area contributed by atoms with Crippen molar-refractivity contribution in [3.8, 4) is 22.9 Å². The summed E-state index contributed by atoms with van der Waals surface area (Å²) in [5, 5.41) is 18.9. The Bertz CT molecular complexity index is 1950. The van der Waals surface area contributed by atoms with E-state index in [2.05, 4.69) is 51.2 Å². The number of nitrogens with one attached hydrogen (secondary N) is 1. The number of hydrazone groups is 1. The van der Waals surface area contributed by atoms with Crippen LogP contribution in [0.1, 0.15) is 55.0 Å². The summed E-state index contributed by atoms with van der Waals surface area (Å²) >= 11 is 0. The molecule has 0 bridgehead atoms. The molecule has 2 N–H and O–H groups in total. The molecule has 12 heteroatoms. The number of hydrogen-bond donors (Lipinski definition) is 2. The summed E-state index contributed by atoms with van der Waals surface area (Å²) in [4.78, 5) is 21.5. The van der Waals surface area contributed by atoms with E-state index < -0.39 is 0 Å². The van der Waals surface area contributed by atoms with Crippen molar-refractivity contribution < 1.29 is 28.3 Å². The van der Waals surface area contributed by atoms with E-state index in [1.807, 2.05) is 54.6 Å². The predicted octanol–water partition coefficient (Wildman–Crippen LogP) is 6.73.